The summed E-state index contributed by atoms with van der Waals surface area (Å²) < 4.78 is 12.3. The molecule has 184 valence electrons. The van der Waals surface area contributed by atoms with Gasteiger partial charge < -0.3 is 29.5 Å². The second kappa shape index (κ2) is 9.54. The van der Waals surface area contributed by atoms with Crippen molar-refractivity contribution in [2.45, 2.75) is 50.4 Å². The molecule has 1 aromatic carbocycles. The number of hydrogen-bond donors (Lipinski definition) is 1. The van der Waals surface area contributed by atoms with Crippen LogP contribution in [0, 0.1) is 5.92 Å². The maximum Gasteiger partial charge on any atom is 0.257 e. The number of nitrogens with one attached hydrogen (secondary N) is 1. The molecular formula is C25H34N4O5. The molecule has 0 aromatic heterocycles. The van der Waals surface area contributed by atoms with E-state index in [2.05, 4.69) is 17.3 Å². The molecule has 5 rings (SSSR count). The topological polar surface area (TPSA) is 91.4 Å². The van der Waals surface area contributed by atoms with Crippen molar-refractivity contribution < 1.29 is 23.9 Å². The Morgan fingerprint density at radius 1 is 1.06 bits per heavy atom. The average Bonchev–Trinajstić information content (AvgIpc) is 3.68. The van der Waals surface area contributed by atoms with Crippen molar-refractivity contribution in [2.75, 3.05) is 52.2 Å². The minimum Gasteiger partial charge on any atom is -0.490 e. The summed E-state index contributed by atoms with van der Waals surface area (Å²) in [6, 6.07) is 5.09. The van der Waals surface area contributed by atoms with Crippen LogP contribution < -0.4 is 10.1 Å². The normalized spacial score (nSPS) is 27.7. The lowest BCUT2D eigenvalue weighted by Crippen LogP contribution is -2.54. The van der Waals surface area contributed by atoms with Gasteiger partial charge in [-0.1, -0.05) is 0 Å². The van der Waals surface area contributed by atoms with Crippen LogP contribution in [0.2, 0.25) is 0 Å². The molecule has 0 radical (unpaired) electrons. The minimum absolute atomic E-state index is 0.00502. The van der Waals surface area contributed by atoms with Gasteiger partial charge in [-0.3, -0.25) is 14.4 Å². The first kappa shape index (κ1) is 23.1. The molecule has 1 aromatic rings. The molecular weight excluding hydrogens is 436 g/mol. The van der Waals surface area contributed by atoms with Crippen LogP contribution in [-0.2, 0) is 14.3 Å². The van der Waals surface area contributed by atoms with Crippen LogP contribution in [0.5, 0.6) is 5.75 Å². The van der Waals surface area contributed by atoms with Crippen molar-refractivity contribution in [3.05, 3.63) is 23.8 Å². The van der Waals surface area contributed by atoms with Crippen LogP contribution in [0.15, 0.2) is 18.2 Å². The first-order valence-corrected chi connectivity index (χ1v) is 12.4. The number of amides is 3. The number of benzene rings is 1. The van der Waals surface area contributed by atoms with Crippen LogP contribution in [0.4, 0.5) is 5.69 Å². The van der Waals surface area contributed by atoms with Gasteiger partial charge in [0, 0.05) is 44.8 Å². The van der Waals surface area contributed by atoms with Crippen molar-refractivity contribution in [1.29, 1.82) is 0 Å². The Morgan fingerprint density at radius 3 is 2.56 bits per heavy atom. The molecule has 34 heavy (non-hydrogen) atoms. The Morgan fingerprint density at radius 2 is 1.82 bits per heavy atom. The first-order valence-electron chi connectivity index (χ1n) is 12.4. The highest BCUT2D eigenvalue weighted by Gasteiger charge is 2.40. The quantitative estimate of drug-likeness (QED) is 0.719. The molecule has 2 saturated heterocycles. The highest BCUT2D eigenvalue weighted by molar-refractivity contribution is 6.00. The van der Waals surface area contributed by atoms with E-state index in [0.29, 0.717) is 30.0 Å². The van der Waals surface area contributed by atoms with Crippen molar-refractivity contribution in [3.8, 4) is 5.75 Å². The lowest BCUT2D eigenvalue weighted by Gasteiger charge is -2.42. The van der Waals surface area contributed by atoms with Crippen molar-refractivity contribution in [2.24, 2.45) is 5.92 Å². The summed E-state index contributed by atoms with van der Waals surface area (Å²) >= 11 is 0. The Bertz CT molecular complexity index is 957. The van der Waals surface area contributed by atoms with Gasteiger partial charge in [-0.25, -0.2) is 0 Å². The lowest BCUT2D eigenvalue weighted by molar-refractivity contribution is -0.144. The number of ether oxygens (including phenoxy) is 2. The minimum atomic E-state index is -0.296. The second-order valence-corrected chi connectivity index (χ2v) is 10.0. The van der Waals surface area contributed by atoms with Crippen LogP contribution in [0.25, 0.3) is 0 Å². The van der Waals surface area contributed by atoms with E-state index in [1.807, 2.05) is 4.90 Å². The predicted octanol–water partition coefficient (Wildman–Crippen LogP) is 1.58. The van der Waals surface area contributed by atoms with Gasteiger partial charge in [-0.15, -0.1) is 0 Å². The summed E-state index contributed by atoms with van der Waals surface area (Å²) in [6.45, 7) is 3.62. The van der Waals surface area contributed by atoms with E-state index in [9.17, 15) is 14.4 Å². The molecule has 1 aliphatic carbocycles. The van der Waals surface area contributed by atoms with E-state index in [1.54, 1.807) is 30.1 Å². The van der Waals surface area contributed by atoms with Crippen LogP contribution in [0.3, 0.4) is 0 Å². The zero-order chi connectivity index (χ0) is 23.8. The van der Waals surface area contributed by atoms with Crippen molar-refractivity contribution >= 4 is 23.4 Å². The molecule has 9 nitrogen and oxygen atoms in total. The fourth-order valence-corrected chi connectivity index (χ4v) is 5.07. The highest BCUT2D eigenvalue weighted by atomic mass is 16.5. The second-order valence-electron chi connectivity index (χ2n) is 10.0. The Labute approximate surface area is 200 Å². The average molecular weight is 471 g/mol. The number of carbonyl (C=O) groups excluding carboxylic acids is 3. The van der Waals surface area contributed by atoms with Gasteiger partial charge in [0.2, 0.25) is 11.8 Å². The van der Waals surface area contributed by atoms with Crippen LogP contribution >= 0.6 is 0 Å². The standard InChI is InChI=1S/C25H34N4O5/c1-27-9-11-29(12-10-27)23(30)14-18-6-7-20-22(34-18)15-33-21-8-5-17(26-24(31)16-3-4-16)13-19(21)25(32)28(20)2/h5,8,13,16,18,20,22H,3-4,6-7,9-12,14-15H2,1-2H3,(H,26,31)/t18-,20-,22+/m0/s1. The zero-order valence-electron chi connectivity index (χ0n) is 20.0. The lowest BCUT2D eigenvalue weighted by atomic mass is 9.94. The van der Waals surface area contributed by atoms with Crippen LogP contribution in [0.1, 0.15) is 42.5 Å². The molecule has 1 N–H and O–H groups in total. The van der Waals surface area contributed by atoms with Gasteiger partial charge in [0.1, 0.15) is 18.5 Å². The monoisotopic (exact) mass is 470 g/mol. The fourth-order valence-electron chi connectivity index (χ4n) is 5.07. The molecule has 0 unspecified atom stereocenters. The number of nitrogens with zero attached hydrogens (tertiary/aromatic N) is 3. The third-order valence-electron chi connectivity index (χ3n) is 7.49. The summed E-state index contributed by atoms with van der Waals surface area (Å²) in [5.74, 6) is 0.568. The Balaban J connectivity index is 1.24. The molecule has 3 heterocycles. The van der Waals surface area contributed by atoms with E-state index in [0.717, 1.165) is 51.9 Å². The van der Waals surface area contributed by atoms with E-state index in [-0.39, 0.29) is 41.9 Å². The summed E-state index contributed by atoms with van der Waals surface area (Å²) in [6.07, 6.45) is 3.23. The van der Waals surface area contributed by atoms with Crippen molar-refractivity contribution in [3.63, 3.8) is 0 Å². The predicted molar refractivity (Wildman–Crippen MR) is 126 cm³/mol. The number of piperazine rings is 1. The molecule has 3 atom stereocenters. The largest absolute Gasteiger partial charge is 0.490 e. The van der Waals surface area contributed by atoms with Crippen molar-refractivity contribution in [1.82, 2.24) is 14.7 Å². The number of rotatable bonds is 4. The SMILES string of the molecule is CN1CCN(C(=O)C[C@@H]2CC[C@H]3[C@@H](COc4ccc(NC(=O)C5CC5)cc4C(=O)N3C)O2)CC1. The molecule has 1 saturated carbocycles. The molecule has 4 aliphatic rings. The Hall–Kier alpha value is -2.65. The summed E-state index contributed by atoms with van der Waals surface area (Å²) in [5.41, 5.74) is 1.06. The van der Waals surface area contributed by atoms with E-state index < -0.39 is 0 Å². The molecule has 3 aliphatic heterocycles. The van der Waals surface area contributed by atoms with Gasteiger partial charge in [0.25, 0.3) is 5.91 Å². The van der Waals surface area contributed by atoms with E-state index in [1.165, 1.54) is 0 Å². The molecule has 3 fully saturated rings. The number of anilines is 1. The van der Waals surface area contributed by atoms with Gasteiger partial charge in [-0.2, -0.15) is 0 Å². The summed E-state index contributed by atoms with van der Waals surface area (Å²) in [5, 5.41) is 2.91. The zero-order valence-corrected chi connectivity index (χ0v) is 20.0. The van der Waals surface area contributed by atoms with Crippen LogP contribution in [-0.4, -0.2) is 97.6 Å². The molecule has 0 spiro atoms. The Kier molecular flexibility index (Phi) is 6.48. The third-order valence-corrected chi connectivity index (χ3v) is 7.49. The summed E-state index contributed by atoms with van der Waals surface area (Å²) in [4.78, 5) is 44.2. The number of carbonyl (C=O) groups is 3. The van der Waals surface area contributed by atoms with Gasteiger partial charge in [0.05, 0.1) is 24.1 Å². The van der Waals surface area contributed by atoms with E-state index in [4.69, 9.17) is 9.47 Å². The first-order chi connectivity index (χ1) is 16.4. The number of likely N-dealkylation sites (N-methyl/N-ethyl adjacent to an activating group) is 2. The molecule has 0 bridgehead atoms. The van der Waals surface area contributed by atoms with E-state index >= 15 is 0 Å². The maximum atomic E-state index is 13.3. The van der Waals surface area contributed by atoms with Gasteiger partial charge >= 0.3 is 0 Å². The molecule has 9 heteroatoms. The third kappa shape index (κ3) is 4.90. The number of hydrogen-bond acceptors (Lipinski definition) is 6. The summed E-state index contributed by atoms with van der Waals surface area (Å²) in [7, 11) is 3.87. The number of fused-ring (bicyclic) bond motifs is 2. The highest BCUT2D eigenvalue weighted by Crippen LogP contribution is 2.34. The van der Waals surface area contributed by atoms with Gasteiger partial charge in [-0.05, 0) is 50.9 Å². The fraction of sp³-hybridized carbons (Fsp3) is 0.640. The maximum absolute atomic E-state index is 13.3. The smallest absolute Gasteiger partial charge is 0.257 e. The molecule has 3 amide bonds. The van der Waals surface area contributed by atoms with Gasteiger partial charge in [0.15, 0.2) is 0 Å².